The summed E-state index contributed by atoms with van der Waals surface area (Å²) in [6.45, 7) is 7.58. The van der Waals surface area contributed by atoms with Crippen LogP contribution in [0.2, 0.25) is 0 Å². The topological polar surface area (TPSA) is 67.1 Å². The molecular weight excluding hydrogens is 226 g/mol. The lowest BCUT2D eigenvalue weighted by Gasteiger charge is -2.38. The Morgan fingerprint density at radius 1 is 1.39 bits per heavy atom. The zero-order chi connectivity index (χ0) is 13.2. The third-order valence-electron chi connectivity index (χ3n) is 4.00. The molecule has 0 aliphatic carbocycles. The molecule has 1 aromatic heterocycles. The summed E-state index contributed by atoms with van der Waals surface area (Å²) in [6, 6.07) is 0. The van der Waals surface area contributed by atoms with Gasteiger partial charge in [-0.2, -0.15) is 0 Å². The second-order valence-electron chi connectivity index (χ2n) is 5.70. The first-order chi connectivity index (χ1) is 8.50. The maximum absolute atomic E-state index is 5.78. The number of nitrogen functional groups attached to an aromatic ring is 1. The number of aromatic nitrogens is 2. The number of anilines is 2. The summed E-state index contributed by atoms with van der Waals surface area (Å²) in [7, 11) is 2.18. The van der Waals surface area contributed by atoms with Crippen LogP contribution in [0.3, 0.4) is 0 Å². The number of hydrogen-bond acceptors (Lipinski definition) is 5. The standard InChI is InChI=1S/C13H23N5/c1-10-11(14)16-9-17-12(10)15-8-13(2)4-6-18(3)7-5-13/h9H,4-8H2,1-3H3,(H3,14,15,16,17). The van der Waals surface area contributed by atoms with Crippen molar-refractivity contribution < 1.29 is 0 Å². The third kappa shape index (κ3) is 2.90. The molecule has 0 aromatic carbocycles. The Morgan fingerprint density at radius 2 is 2.06 bits per heavy atom. The van der Waals surface area contributed by atoms with Crippen LogP contribution in [0.5, 0.6) is 0 Å². The number of rotatable bonds is 3. The van der Waals surface area contributed by atoms with Crippen LogP contribution >= 0.6 is 0 Å². The van der Waals surface area contributed by atoms with Gasteiger partial charge in [0.1, 0.15) is 18.0 Å². The molecule has 18 heavy (non-hydrogen) atoms. The zero-order valence-electron chi connectivity index (χ0n) is 11.5. The molecule has 2 heterocycles. The molecule has 2 rings (SSSR count). The van der Waals surface area contributed by atoms with Crippen molar-refractivity contribution in [3.8, 4) is 0 Å². The van der Waals surface area contributed by atoms with Crippen molar-refractivity contribution in [2.24, 2.45) is 5.41 Å². The molecule has 0 unspecified atom stereocenters. The highest BCUT2D eigenvalue weighted by atomic mass is 15.1. The lowest BCUT2D eigenvalue weighted by molar-refractivity contribution is 0.150. The van der Waals surface area contributed by atoms with Gasteiger partial charge < -0.3 is 16.0 Å². The van der Waals surface area contributed by atoms with Gasteiger partial charge >= 0.3 is 0 Å². The molecule has 1 aromatic rings. The van der Waals surface area contributed by atoms with Crippen molar-refractivity contribution in [3.63, 3.8) is 0 Å². The largest absolute Gasteiger partial charge is 0.383 e. The van der Waals surface area contributed by atoms with Gasteiger partial charge in [-0.15, -0.1) is 0 Å². The monoisotopic (exact) mass is 249 g/mol. The number of likely N-dealkylation sites (tertiary alicyclic amines) is 1. The van der Waals surface area contributed by atoms with Crippen LogP contribution in [0.1, 0.15) is 25.3 Å². The molecule has 1 saturated heterocycles. The van der Waals surface area contributed by atoms with E-state index in [1.807, 2.05) is 6.92 Å². The highest BCUT2D eigenvalue weighted by Gasteiger charge is 2.28. The minimum Gasteiger partial charge on any atom is -0.383 e. The Morgan fingerprint density at radius 3 is 2.72 bits per heavy atom. The fourth-order valence-corrected chi connectivity index (χ4v) is 2.27. The highest BCUT2D eigenvalue weighted by molar-refractivity contribution is 5.53. The normalized spacial score (nSPS) is 19.7. The number of nitrogens with two attached hydrogens (primary N) is 1. The van der Waals surface area contributed by atoms with Gasteiger partial charge in [0.05, 0.1) is 0 Å². The Kier molecular flexibility index (Phi) is 3.71. The molecule has 3 N–H and O–H groups in total. The maximum atomic E-state index is 5.78. The molecule has 0 bridgehead atoms. The van der Waals surface area contributed by atoms with E-state index in [2.05, 4.69) is 34.2 Å². The Hall–Kier alpha value is -1.36. The van der Waals surface area contributed by atoms with Crippen molar-refractivity contribution in [3.05, 3.63) is 11.9 Å². The lowest BCUT2D eigenvalue weighted by Crippen LogP contribution is -2.40. The first-order valence-corrected chi connectivity index (χ1v) is 6.50. The average molecular weight is 249 g/mol. The smallest absolute Gasteiger partial charge is 0.134 e. The summed E-state index contributed by atoms with van der Waals surface area (Å²) >= 11 is 0. The molecule has 1 fully saturated rings. The van der Waals surface area contributed by atoms with E-state index >= 15 is 0 Å². The summed E-state index contributed by atoms with van der Waals surface area (Å²) in [5.74, 6) is 1.42. The highest BCUT2D eigenvalue weighted by Crippen LogP contribution is 2.30. The summed E-state index contributed by atoms with van der Waals surface area (Å²) in [6.07, 6.45) is 3.95. The van der Waals surface area contributed by atoms with Crippen LogP contribution < -0.4 is 11.1 Å². The van der Waals surface area contributed by atoms with E-state index in [0.717, 1.165) is 17.9 Å². The van der Waals surface area contributed by atoms with Gasteiger partial charge in [0, 0.05) is 12.1 Å². The summed E-state index contributed by atoms with van der Waals surface area (Å²) in [5, 5.41) is 3.43. The van der Waals surface area contributed by atoms with E-state index in [9.17, 15) is 0 Å². The Bertz CT molecular complexity index is 410. The van der Waals surface area contributed by atoms with Crippen molar-refractivity contribution in [2.45, 2.75) is 26.7 Å². The molecule has 100 valence electrons. The fourth-order valence-electron chi connectivity index (χ4n) is 2.27. The SMILES string of the molecule is Cc1c(N)ncnc1NCC1(C)CCN(C)CC1. The molecule has 1 aliphatic heterocycles. The van der Waals surface area contributed by atoms with E-state index in [0.29, 0.717) is 11.2 Å². The Balaban J connectivity index is 1.97. The van der Waals surface area contributed by atoms with Gasteiger partial charge in [-0.05, 0) is 45.3 Å². The molecule has 5 heteroatoms. The predicted octanol–water partition coefficient (Wildman–Crippen LogP) is 1.51. The van der Waals surface area contributed by atoms with E-state index in [1.54, 1.807) is 0 Å². The summed E-state index contributed by atoms with van der Waals surface area (Å²) in [5.41, 5.74) is 7.07. The van der Waals surface area contributed by atoms with Crippen molar-refractivity contribution in [1.82, 2.24) is 14.9 Å². The van der Waals surface area contributed by atoms with Crippen LogP contribution in [0.4, 0.5) is 11.6 Å². The zero-order valence-corrected chi connectivity index (χ0v) is 11.5. The van der Waals surface area contributed by atoms with E-state index in [1.165, 1.54) is 32.3 Å². The molecule has 0 saturated carbocycles. The molecule has 0 radical (unpaired) electrons. The molecular formula is C13H23N5. The minimum atomic E-state index is 0.346. The van der Waals surface area contributed by atoms with E-state index in [-0.39, 0.29) is 0 Å². The van der Waals surface area contributed by atoms with Crippen LogP contribution in [-0.2, 0) is 0 Å². The van der Waals surface area contributed by atoms with E-state index in [4.69, 9.17) is 5.73 Å². The second-order valence-corrected chi connectivity index (χ2v) is 5.70. The van der Waals surface area contributed by atoms with Gasteiger partial charge in [0.15, 0.2) is 0 Å². The number of nitrogens with one attached hydrogen (secondary N) is 1. The molecule has 0 amide bonds. The molecule has 5 nitrogen and oxygen atoms in total. The minimum absolute atomic E-state index is 0.346. The molecule has 1 aliphatic rings. The summed E-state index contributed by atoms with van der Waals surface area (Å²) in [4.78, 5) is 10.6. The third-order valence-corrected chi connectivity index (χ3v) is 4.00. The van der Waals surface area contributed by atoms with Gasteiger partial charge in [0.25, 0.3) is 0 Å². The predicted molar refractivity (Wildman–Crippen MR) is 74.5 cm³/mol. The second kappa shape index (κ2) is 5.10. The first-order valence-electron chi connectivity index (χ1n) is 6.50. The number of hydrogen-bond donors (Lipinski definition) is 2. The first kappa shape index (κ1) is 13.1. The van der Waals surface area contributed by atoms with Crippen molar-refractivity contribution in [2.75, 3.05) is 37.7 Å². The van der Waals surface area contributed by atoms with Gasteiger partial charge in [-0.1, -0.05) is 6.92 Å². The van der Waals surface area contributed by atoms with Gasteiger partial charge in [-0.25, -0.2) is 9.97 Å². The lowest BCUT2D eigenvalue weighted by atomic mass is 9.80. The Labute approximate surface area is 109 Å². The van der Waals surface area contributed by atoms with Crippen molar-refractivity contribution >= 4 is 11.6 Å². The number of piperidine rings is 1. The average Bonchev–Trinajstić information content (AvgIpc) is 2.35. The van der Waals surface area contributed by atoms with E-state index < -0.39 is 0 Å². The number of nitrogens with zero attached hydrogens (tertiary/aromatic N) is 3. The summed E-state index contributed by atoms with van der Waals surface area (Å²) < 4.78 is 0. The van der Waals surface area contributed by atoms with Gasteiger partial charge in [0.2, 0.25) is 0 Å². The fraction of sp³-hybridized carbons (Fsp3) is 0.692. The van der Waals surface area contributed by atoms with Crippen LogP contribution in [0.25, 0.3) is 0 Å². The molecule has 0 spiro atoms. The van der Waals surface area contributed by atoms with Crippen LogP contribution in [0, 0.1) is 12.3 Å². The molecule has 0 atom stereocenters. The van der Waals surface area contributed by atoms with Crippen molar-refractivity contribution in [1.29, 1.82) is 0 Å². The quantitative estimate of drug-likeness (QED) is 0.850. The van der Waals surface area contributed by atoms with Crippen LogP contribution in [-0.4, -0.2) is 41.5 Å². The van der Waals surface area contributed by atoms with Crippen LogP contribution in [0.15, 0.2) is 6.33 Å². The van der Waals surface area contributed by atoms with Gasteiger partial charge in [-0.3, -0.25) is 0 Å². The maximum Gasteiger partial charge on any atom is 0.134 e.